The quantitative estimate of drug-likeness (QED) is 0.326. The van der Waals surface area contributed by atoms with E-state index < -0.39 is 0 Å². The SMILES string of the molecule is c1cc(Oc2cccc(-c3nc4sccc4o3)c2)cc(-c2cn3ccccc3n2)c1. The van der Waals surface area contributed by atoms with E-state index in [4.69, 9.17) is 9.15 Å². The summed E-state index contributed by atoms with van der Waals surface area (Å²) in [5, 5.41) is 1.97. The summed E-state index contributed by atoms with van der Waals surface area (Å²) >= 11 is 1.57. The Balaban J connectivity index is 1.30. The van der Waals surface area contributed by atoms with Gasteiger partial charge >= 0.3 is 0 Å². The summed E-state index contributed by atoms with van der Waals surface area (Å²) in [5.74, 6) is 2.07. The minimum Gasteiger partial charge on any atom is -0.457 e. The number of fused-ring (bicyclic) bond motifs is 2. The summed E-state index contributed by atoms with van der Waals surface area (Å²) in [6.45, 7) is 0. The number of benzene rings is 2. The maximum Gasteiger partial charge on any atom is 0.228 e. The van der Waals surface area contributed by atoms with Crippen molar-refractivity contribution in [1.29, 1.82) is 0 Å². The average Bonchev–Trinajstić information content (AvgIpc) is 3.48. The predicted molar refractivity (Wildman–Crippen MR) is 118 cm³/mol. The van der Waals surface area contributed by atoms with Crippen molar-refractivity contribution in [2.45, 2.75) is 0 Å². The summed E-state index contributed by atoms with van der Waals surface area (Å²) in [6, 6.07) is 23.6. The maximum atomic E-state index is 6.13. The third-order valence-corrected chi connectivity index (χ3v) is 5.62. The summed E-state index contributed by atoms with van der Waals surface area (Å²) in [7, 11) is 0. The smallest absolute Gasteiger partial charge is 0.228 e. The van der Waals surface area contributed by atoms with Gasteiger partial charge in [-0.15, -0.1) is 11.3 Å². The third kappa shape index (κ3) is 3.03. The highest BCUT2D eigenvalue weighted by molar-refractivity contribution is 7.16. The number of imidazole rings is 1. The van der Waals surface area contributed by atoms with Crippen LogP contribution in [-0.2, 0) is 0 Å². The second-order valence-electron chi connectivity index (χ2n) is 6.86. The lowest BCUT2D eigenvalue weighted by Gasteiger charge is -2.08. The van der Waals surface area contributed by atoms with Gasteiger partial charge in [-0.2, -0.15) is 4.98 Å². The van der Waals surface area contributed by atoms with Crippen LogP contribution < -0.4 is 4.74 Å². The zero-order chi connectivity index (χ0) is 19.9. The molecule has 0 aliphatic rings. The Kier molecular flexibility index (Phi) is 3.89. The Hall–Kier alpha value is -3.90. The highest BCUT2D eigenvalue weighted by Crippen LogP contribution is 2.32. The molecule has 5 nitrogen and oxygen atoms in total. The third-order valence-electron chi connectivity index (χ3n) is 4.83. The van der Waals surface area contributed by atoms with E-state index in [2.05, 4.69) is 9.97 Å². The Morgan fingerprint density at radius 2 is 1.67 bits per heavy atom. The van der Waals surface area contributed by atoms with E-state index in [1.807, 2.05) is 95.0 Å². The maximum absolute atomic E-state index is 6.13. The lowest BCUT2D eigenvalue weighted by atomic mass is 10.1. The summed E-state index contributed by atoms with van der Waals surface area (Å²) in [6.07, 6.45) is 4.01. The van der Waals surface area contributed by atoms with E-state index in [1.165, 1.54) is 0 Å². The first-order valence-electron chi connectivity index (χ1n) is 9.48. The standard InChI is InChI=1S/C24H15N3O2S/c1-2-11-27-15-20(25-22(27)9-1)16-5-3-7-18(13-16)28-19-8-4-6-17(14-19)23-26-24-21(29-23)10-12-30-24/h1-15H. The lowest BCUT2D eigenvalue weighted by Crippen LogP contribution is -1.86. The van der Waals surface area contributed by atoms with Gasteiger partial charge in [-0.3, -0.25) is 0 Å². The van der Waals surface area contributed by atoms with E-state index in [0.717, 1.165) is 44.4 Å². The molecule has 0 N–H and O–H groups in total. The molecule has 0 amide bonds. The van der Waals surface area contributed by atoms with Crippen molar-refractivity contribution < 1.29 is 9.15 Å². The highest BCUT2D eigenvalue weighted by atomic mass is 32.1. The molecule has 4 aromatic heterocycles. The zero-order valence-corrected chi connectivity index (χ0v) is 16.5. The minimum absolute atomic E-state index is 0.598. The van der Waals surface area contributed by atoms with Gasteiger partial charge in [0.1, 0.15) is 17.1 Å². The van der Waals surface area contributed by atoms with Crippen molar-refractivity contribution in [3.63, 3.8) is 0 Å². The molecule has 0 radical (unpaired) electrons. The Morgan fingerprint density at radius 1 is 0.833 bits per heavy atom. The molecule has 4 heterocycles. The number of pyridine rings is 1. The summed E-state index contributed by atoms with van der Waals surface area (Å²) in [5.41, 5.74) is 4.51. The molecular weight excluding hydrogens is 394 g/mol. The molecule has 0 aliphatic carbocycles. The van der Waals surface area contributed by atoms with Crippen LogP contribution in [-0.4, -0.2) is 14.4 Å². The lowest BCUT2D eigenvalue weighted by molar-refractivity contribution is 0.482. The second kappa shape index (κ2) is 6.86. The van der Waals surface area contributed by atoms with Gasteiger partial charge in [0.15, 0.2) is 10.4 Å². The van der Waals surface area contributed by atoms with E-state index in [-0.39, 0.29) is 0 Å². The molecule has 144 valence electrons. The first-order valence-corrected chi connectivity index (χ1v) is 10.4. The fourth-order valence-corrected chi connectivity index (χ4v) is 4.09. The van der Waals surface area contributed by atoms with Crippen LogP contribution in [0.4, 0.5) is 0 Å². The molecule has 0 fully saturated rings. The van der Waals surface area contributed by atoms with Gasteiger partial charge in [0.05, 0.1) is 5.69 Å². The molecule has 0 unspecified atom stereocenters. The molecule has 0 saturated heterocycles. The summed E-state index contributed by atoms with van der Waals surface area (Å²) < 4.78 is 14.0. The van der Waals surface area contributed by atoms with E-state index in [1.54, 1.807) is 11.3 Å². The van der Waals surface area contributed by atoms with Gasteiger partial charge in [0.25, 0.3) is 0 Å². The van der Waals surface area contributed by atoms with Crippen molar-refractivity contribution in [2.24, 2.45) is 0 Å². The van der Waals surface area contributed by atoms with Crippen molar-refractivity contribution in [3.05, 3.63) is 90.6 Å². The van der Waals surface area contributed by atoms with Gasteiger partial charge in [-0.05, 0) is 53.9 Å². The molecule has 6 rings (SSSR count). The van der Waals surface area contributed by atoms with Crippen molar-refractivity contribution >= 4 is 27.4 Å². The van der Waals surface area contributed by atoms with Crippen LogP contribution in [0.15, 0.2) is 95.0 Å². The van der Waals surface area contributed by atoms with Crippen molar-refractivity contribution in [3.8, 4) is 34.2 Å². The van der Waals surface area contributed by atoms with Crippen LogP contribution in [0.2, 0.25) is 0 Å². The molecular formula is C24H15N3O2S. The van der Waals surface area contributed by atoms with Gasteiger partial charge in [0, 0.05) is 23.5 Å². The van der Waals surface area contributed by atoms with Crippen LogP contribution in [0.1, 0.15) is 0 Å². The number of rotatable bonds is 4. The fourth-order valence-electron chi connectivity index (χ4n) is 3.41. The Labute approximate surface area is 175 Å². The first-order chi connectivity index (χ1) is 14.8. The Bertz CT molecular complexity index is 1430. The highest BCUT2D eigenvalue weighted by Gasteiger charge is 2.11. The molecule has 2 aromatic carbocycles. The number of hydrogen-bond donors (Lipinski definition) is 0. The summed E-state index contributed by atoms with van der Waals surface area (Å²) in [4.78, 5) is 10.1. The number of hydrogen-bond acceptors (Lipinski definition) is 5. The fraction of sp³-hybridized carbons (Fsp3) is 0. The van der Waals surface area contributed by atoms with Crippen LogP contribution in [0.5, 0.6) is 11.5 Å². The predicted octanol–water partition coefficient (Wildman–Crippen LogP) is 6.66. The van der Waals surface area contributed by atoms with Crippen LogP contribution in [0.3, 0.4) is 0 Å². The van der Waals surface area contributed by atoms with E-state index in [9.17, 15) is 0 Å². The van der Waals surface area contributed by atoms with Gasteiger partial charge in [-0.1, -0.05) is 24.3 Å². The topological polar surface area (TPSA) is 52.6 Å². The van der Waals surface area contributed by atoms with Crippen LogP contribution >= 0.6 is 11.3 Å². The van der Waals surface area contributed by atoms with E-state index in [0.29, 0.717) is 5.89 Å². The molecule has 0 bridgehead atoms. The molecule has 0 spiro atoms. The molecule has 30 heavy (non-hydrogen) atoms. The first kappa shape index (κ1) is 17.0. The second-order valence-corrected chi connectivity index (χ2v) is 7.75. The number of nitrogens with zero attached hydrogens (tertiary/aromatic N) is 3. The molecule has 6 heteroatoms. The zero-order valence-electron chi connectivity index (χ0n) is 15.7. The van der Waals surface area contributed by atoms with E-state index >= 15 is 0 Å². The largest absolute Gasteiger partial charge is 0.457 e. The average molecular weight is 409 g/mol. The van der Waals surface area contributed by atoms with Gasteiger partial charge in [-0.25, -0.2) is 4.98 Å². The molecule has 0 saturated carbocycles. The molecule has 0 atom stereocenters. The normalized spacial score (nSPS) is 11.3. The number of aromatic nitrogens is 3. The van der Waals surface area contributed by atoms with Gasteiger partial charge < -0.3 is 13.6 Å². The Morgan fingerprint density at radius 3 is 2.50 bits per heavy atom. The molecule has 6 aromatic rings. The number of thiophene rings is 1. The minimum atomic E-state index is 0.598. The van der Waals surface area contributed by atoms with Gasteiger partial charge in [0.2, 0.25) is 5.89 Å². The number of ether oxygens (including phenoxy) is 1. The molecule has 0 aliphatic heterocycles. The van der Waals surface area contributed by atoms with Crippen molar-refractivity contribution in [1.82, 2.24) is 14.4 Å². The number of oxazole rings is 1. The van der Waals surface area contributed by atoms with Crippen LogP contribution in [0, 0.1) is 0 Å². The van der Waals surface area contributed by atoms with Crippen molar-refractivity contribution in [2.75, 3.05) is 0 Å². The monoisotopic (exact) mass is 409 g/mol. The van der Waals surface area contributed by atoms with Crippen LogP contribution in [0.25, 0.3) is 38.8 Å².